The maximum absolute atomic E-state index is 13.5. The van der Waals surface area contributed by atoms with E-state index in [4.69, 9.17) is 10.2 Å². The third-order valence-corrected chi connectivity index (χ3v) is 6.49. The Morgan fingerprint density at radius 1 is 1.06 bits per heavy atom. The molecule has 34 heavy (non-hydrogen) atoms. The number of benzene rings is 1. The van der Waals surface area contributed by atoms with Gasteiger partial charge < -0.3 is 5.32 Å². The van der Waals surface area contributed by atoms with E-state index in [1.807, 2.05) is 24.6 Å². The molecule has 0 bridgehead atoms. The average molecular weight is 460 g/mol. The van der Waals surface area contributed by atoms with Crippen LogP contribution in [0.1, 0.15) is 48.1 Å². The summed E-state index contributed by atoms with van der Waals surface area (Å²) in [5, 5.41) is 13.0. The summed E-state index contributed by atoms with van der Waals surface area (Å²) in [7, 11) is 0. The Morgan fingerprint density at radius 2 is 1.82 bits per heavy atom. The van der Waals surface area contributed by atoms with Crippen molar-refractivity contribution >= 4 is 5.69 Å². The van der Waals surface area contributed by atoms with Crippen LogP contribution in [0.3, 0.4) is 0 Å². The maximum Gasteiger partial charge on any atom is 0.157 e. The normalized spacial score (nSPS) is 13.4. The van der Waals surface area contributed by atoms with Crippen LogP contribution in [0.5, 0.6) is 0 Å². The Balaban J connectivity index is 1.50. The molecule has 0 amide bonds. The van der Waals surface area contributed by atoms with Crippen molar-refractivity contribution < 1.29 is 4.39 Å². The molecule has 3 aromatic heterocycles. The molecule has 7 nitrogen and oxygen atoms in total. The first-order chi connectivity index (χ1) is 16.4. The molecule has 1 aliphatic rings. The highest BCUT2D eigenvalue weighted by Gasteiger charge is 2.25. The summed E-state index contributed by atoms with van der Waals surface area (Å²) in [6.45, 7) is 9.95. The first-order valence-electron chi connectivity index (χ1n) is 11.9. The predicted molar refractivity (Wildman–Crippen MR) is 131 cm³/mol. The molecule has 0 atom stereocenters. The van der Waals surface area contributed by atoms with Crippen LogP contribution in [0.15, 0.2) is 36.7 Å². The van der Waals surface area contributed by atoms with Crippen molar-refractivity contribution in [2.75, 3.05) is 11.9 Å². The van der Waals surface area contributed by atoms with Gasteiger partial charge in [-0.25, -0.2) is 19.0 Å². The summed E-state index contributed by atoms with van der Waals surface area (Å²) < 4.78 is 17.5. The Hall–Kier alpha value is -3.55. The molecule has 0 radical (unpaired) electrons. The highest BCUT2D eigenvalue weighted by Crippen LogP contribution is 2.33. The molecular weight excluding hydrogens is 429 g/mol. The molecule has 1 N–H and O–H groups in total. The van der Waals surface area contributed by atoms with Crippen molar-refractivity contribution in [3.05, 3.63) is 70.8 Å². The molecule has 1 fully saturated rings. The second kappa shape index (κ2) is 9.00. The largest absolute Gasteiger partial charge is 0.382 e. The van der Waals surface area contributed by atoms with Gasteiger partial charge >= 0.3 is 0 Å². The minimum atomic E-state index is -0.242. The van der Waals surface area contributed by atoms with Crippen LogP contribution >= 0.6 is 0 Å². The highest BCUT2D eigenvalue weighted by molar-refractivity contribution is 5.64. The zero-order chi connectivity index (χ0) is 23.8. The molecule has 0 spiro atoms. The number of aryl methyl sites for hydroxylation is 1. The second-order valence-corrected chi connectivity index (χ2v) is 9.08. The second-order valence-electron chi connectivity index (χ2n) is 9.08. The fraction of sp³-hybridized carbons (Fsp3) is 0.385. The van der Waals surface area contributed by atoms with Gasteiger partial charge in [-0.05, 0) is 76.3 Å². The van der Waals surface area contributed by atoms with Gasteiger partial charge in [0.15, 0.2) is 5.82 Å². The van der Waals surface area contributed by atoms with Crippen LogP contribution in [0.2, 0.25) is 0 Å². The molecular formula is C26H30FN7. The lowest BCUT2D eigenvalue weighted by atomic mass is 10.0. The first-order valence-corrected chi connectivity index (χ1v) is 11.9. The number of hydrogen-bond donors (Lipinski definition) is 1. The lowest BCUT2D eigenvalue weighted by Crippen LogP contribution is -2.10. The van der Waals surface area contributed by atoms with Gasteiger partial charge in [0, 0.05) is 36.8 Å². The summed E-state index contributed by atoms with van der Waals surface area (Å²) in [6, 6.07) is 8.57. The fourth-order valence-electron chi connectivity index (χ4n) is 4.46. The van der Waals surface area contributed by atoms with Crippen molar-refractivity contribution in [3.8, 4) is 17.1 Å². The maximum atomic E-state index is 13.5. The molecule has 8 heteroatoms. The van der Waals surface area contributed by atoms with Crippen LogP contribution in [-0.2, 0) is 13.0 Å². The SMILES string of the molecule is CCNc1c(C)nn(-c2cc(Cc3c(C)c(-c4ccc(F)cc4)nn3CC3CC3)ncn2)c1C. The quantitative estimate of drug-likeness (QED) is 0.400. The van der Waals surface area contributed by atoms with Gasteiger partial charge in [0.05, 0.1) is 28.5 Å². The molecule has 0 aliphatic heterocycles. The van der Waals surface area contributed by atoms with E-state index in [9.17, 15) is 4.39 Å². The smallest absolute Gasteiger partial charge is 0.157 e. The minimum absolute atomic E-state index is 0.242. The van der Waals surface area contributed by atoms with Gasteiger partial charge in [-0.1, -0.05) is 0 Å². The van der Waals surface area contributed by atoms with Crippen LogP contribution in [0.25, 0.3) is 17.1 Å². The zero-order valence-electron chi connectivity index (χ0n) is 20.1. The van der Waals surface area contributed by atoms with Gasteiger partial charge in [-0.2, -0.15) is 10.2 Å². The Labute approximate surface area is 199 Å². The van der Waals surface area contributed by atoms with Gasteiger partial charge in [-0.3, -0.25) is 4.68 Å². The van der Waals surface area contributed by atoms with Crippen LogP contribution in [-0.4, -0.2) is 36.1 Å². The van der Waals surface area contributed by atoms with Gasteiger partial charge in [0.25, 0.3) is 0 Å². The summed E-state index contributed by atoms with van der Waals surface area (Å²) in [6.07, 6.45) is 4.73. The molecule has 3 heterocycles. The van der Waals surface area contributed by atoms with Crippen LogP contribution < -0.4 is 5.32 Å². The summed E-state index contributed by atoms with van der Waals surface area (Å²) in [4.78, 5) is 9.06. The van der Waals surface area contributed by atoms with Gasteiger partial charge in [0.1, 0.15) is 12.1 Å². The Bertz CT molecular complexity index is 1320. The van der Waals surface area contributed by atoms with Crippen molar-refractivity contribution in [3.63, 3.8) is 0 Å². The van der Waals surface area contributed by atoms with E-state index in [1.165, 1.54) is 25.0 Å². The number of nitrogens with one attached hydrogen (secondary N) is 1. The third kappa shape index (κ3) is 4.32. The van der Waals surface area contributed by atoms with Crippen molar-refractivity contribution in [2.45, 2.75) is 53.5 Å². The number of rotatable bonds is 8. The zero-order valence-corrected chi connectivity index (χ0v) is 20.1. The van der Waals surface area contributed by atoms with E-state index in [-0.39, 0.29) is 5.82 Å². The summed E-state index contributed by atoms with van der Waals surface area (Å²) in [5.74, 6) is 1.19. The van der Waals surface area contributed by atoms with E-state index in [0.717, 1.165) is 64.2 Å². The van der Waals surface area contributed by atoms with E-state index >= 15 is 0 Å². The van der Waals surface area contributed by atoms with Crippen molar-refractivity contribution in [1.29, 1.82) is 0 Å². The molecule has 1 saturated carbocycles. The molecule has 0 saturated heterocycles. The number of aromatic nitrogens is 6. The molecule has 0 unspecified atom stereocenters. The fourth-order valence-corrected chi connectivity index (χ4v) is 4.46. The van der Waals surface area contributed by atoms with Crippen molar-refractivity contribution in [1.82, 2.24) is 29.5 Å². The van der Waals surface area contributed by atoms with E-state index in [1.54, 1.807) is 18.5 Å². The van der Waals surface area contributed by atoms with Crippen LogP contribution in [0, 0.1) is 32.5 Å². The summed E-state index contributed by atoms with van der Waals surface area (Å²) >= 11 is 0. The lowest BCUT2D eigenvalue weighted by Gasteiger charge is -2.09. The molecule has 1 aliphatic carbocycles. The molecule has 4 aromatic rings. The standard InChI is InChI=1S/C26H30FN7/c1-5-28-26-17(3)31-34(18(26)4)24-13-22(29-15-30-24)12-23-16(2)25(20-8-10-21(27)11-9-20)32-33(23)14-19-6-7-19/h8-11,13,15,19,28H,5-7,12,14H2,1-4H3. The first kappa shape index (κ1) is 22.3. The van der Waals surface area contributed by atoms with E-state index in [2.05, 4.69) is 33.8 Å². The number of halogens is 1. The molecule has 1 aromatic carbocycles. The highest BCUT2D eigenvalue weighted by atomic mass is 19.1. The number of anilines is 1. The van der Waals surface area contributed by atoms with Gasteiger partial charge in [0.2, 0.25) is 0 Å². The number of nitrogens with zero attached hydrogens (tertiary/aromatic N) is 6. The molecule has 176 valence electrons. The average Bonchev–Trinajstić information content (AvgIpc) is 3.55. The van der Waals surface area contributed by atoms with Crippen molar-refractivity contribution in [2.24, 2.45) is 5.92 Å². The van der Waals surface area contributed by atoms with Crippen LogP contribution in [0.4, 0.5) is 10.1 Å². The summed E-state index contributed by atoms with van der Waals surface area (Å²) in [5.41, 5.74) is 8.00. The van der Waals surface area contributed by atoms with Gasteiger partial charge in [-0.15, -0.1) is 0 Å². The topological polar surface area (TPSA) is 73.5 Å². The van der Waals surface area contributed by atoms with E-state index in [0.29, 0.717) is 12.3 Å². The number of hydrogen-bond acceptors (Lipinski definition) is 5. The predicted octanol–water partition coefficient (Wildman–Crippen LogP) is 5.02. The van der Waals surface area contributed by atoms with E-state index < -0.39 is 0 Å². The molecule has 5 rings (SSSR count). The third-order valence-electron chi connectivity index (χ3n) is 6.49. The Morgan fingerprint density at radius 3 is 2.53 bits per heavy atom. The minimum Gasteiger partial charge on any atom is -0.382 e. The monoisotopic (exact) mass is 459 g/mol. The Kier molecular flexibility index (Phi) is 5.89. The lowest BCUT2D eigenvalue weighted by molar-refractivity contribution is 0.544.